The van der Waals surface area contributed by atoms with Crippen molar-refractivity contribution in [2.24, 2.45) is 0 Å². The van der Waals surface area contributed by atoms with Gasteiger partial charge in [0.1, 0.15) is 5.75 Å². The molecule has 3 rings (SSSR count). The molecule has 0 atom stereocenters. The summed E-state index contributed by atoms with van der Waals surface area (Å²) < 4.78 is 7.27. The smallest absolute Gasteiger partial charge is 0.226 e. The maximum atomic E-state index is 12.5. The monoisotopic (exact) mass is 423 g/mol. The van der Waals surface area contributed by atoms with Crippen LogP contribution in [0.15, 0.2) is 23.6 Å². The fourth-order valence-corrected chi connectivity index (χ4v) is 4.09. The zero-order valence-electron chi connectivity index (χ0n) is 17.7. The van der Waals surface area contributed by atoms with Gasteiger partial charge in [-0.15, -0.1) is 11.3 Å². The van der Waals surface area contributed by atoms with Crippen LogP contribution < -0.4 is 10.1 Å². The van der Waals surface area contributed by atoms with Crippen molar-refractivity contribution >= 4 is 22.4 Å². The van der Waals surface area contributed by atoms with Gasteiger partial charge >= 0.3 is 0 Å². The number of aromatic nitrogens is 3. The summed E-state index contributed by atoms with van der Waals surface area (Å²) in [5.41, 5.74) is 5.78. The Morgan fingerprint density at radius 2 is 2.13 bits per heavy atom. The topological polar surface area (TPSA) is 92.8 Å². The number of aryl methyl sites for hydroxylation is 3. The maximum Gasteiger partial charge on any atom is 0.226 e. The van der Waals surface area contributed by atoms with Gasteiger partial charge in [0.25, 0.3) is 0 Å². The molecule has 30 heavy (non-hydrogen) atoms. The van der Waals surface area contributed by atoms with Crippen LogP contribution in [-0.2, 0) is 17.8 Å². The van der Waals surface area contributed by atoms with Crippen molar-refractivity contribution in [1.29, 1.82) is 5.26 Å². The zero-order chi connectivity index (χ0) is 21.7. The number of anilines is 1. The number of nitriles is 1. The number of hydrogen-bond acceptors (Lipinski definition) is 6. The number of thiazole rings is 1. The first-order valence-corrected chi connectivity index (χ1v) is 10.6. The fourth-order valence-electron chi connectivity index (χ4n) is 3.37. The molecule has 8 heteroatoms. The van der Waals surface area contributed by atoms with Crippen LogP contribution in [0.3, 0.4) is 0 Å². The Hall–Kier alpha value is -3.18. The Bertz CT molecular complexity index is 1090. The number of benzene rings is 1. The highest BCUT2D eigenvalue weighted by atomic mass is 32.1. The van der Waals surface area contributed by atoms with E-state index >= 15 is 0 Å². The minimum atomic E-state index is -0.0873. The summed E-state index contributed by atoms with van der Waals surface area (Å²) >= 11 is 1.39. The molecule has 1 amide bonds. The Morgan fingerprint density at radius 3 is 2.87 bits per heavy atom. The van der Waals surface area contributed by atoms with E-state index < -0.39 is 0 Å². The van der Waals surface area contributed by atoms with E-state index in [2.05, 4.69) is 21.5 Å². The van der Waals surface area contributed by atoms with E-state index in [1.54, 1.807) is 7.11 Å². The lowest BCUT2D eigenvalue weighted by Gasteiger charge is -2.07. The number of amides is 1. The van der Waals surface area contributed by atoms with Crippen LogP contribution in [-0.4, -0.2) is 27.8 Å². The second-order valence-electron chi connectivity index (χ2n) is 7.07. The van der Waals surface area contributed by atoms with E-state index in [1.165, 1.54) is 11.3 Å². The molecule has 0 aliphatic rings. The molecular weight excluding hydrogens is 398 g/mol. The van der Waals surface area contributed by atoms with Gasteiger partial charge in [0, 0.05) is 23.1 Å². The number of rotatable bonds is 8. The normalized spacial score (nSPS) is 10.6. The van der Waals surface area contributed by atoms with Crippen molar-refractivity contribution in [2.45, 2.75) is 46.6 Å². The average Bonchev–Trinajstić information content (AvgIpc) is 3.29. The number of methoxy groups -OCH3 is 1. The molecule has 0 saturated heterocycles. The van der Waals surface area contributed by atoms with Gasteiger partial charge in [0.2, 0.25) is 5.91 Å². The van der Waals surface area contributed by atoms with Crippen LogP contribution in [0.4, 0.5) is 5.13 Å². The molecule has 1 N–H and O–H groups in total. The number of carbonyl (C=O) groups excluding carboxylic acids is 1. The van der Waals surface area contributed by atoms with Gasteiger partial charge in [-0.25, -0.2) is 4.98 Å². The molecule has 2 heterocycles. The lowest BCUT2D eigenvalue weighted by atomic mass is 10.1. The molecule has 0 aliphatic carbocycles. The lowest BCUT2D eigenvalue weighted by molar-refractivity contribution is -0.116. The second-order valence-corrected chi connectivity index (χ2v) is 7.93. The minimum Gasteiger partial charge on any atom is -0.496 e. The zero-order valence-corrected chi connectivity index (χ0v) is 18.5. The second kappa shape index (κ2) is 9.55. The van der Waals surface area contributed by atoms with Crippen molar-refractivity contribution in [1.82, 2.24) is 14.8 Å². The summed E-state index contributed by atoms with van der Waals surface area (Å²) in [4.78, 5) is 17.0. The highest BCUT2D eigenvalue weighted by Gasteiger charge is 2.15. The molecule has 156 valence electrons. The first kappa shape index (κ1) is 21.5. The van der Waals surface area contributed by atoms with Crippen molar-refractivity contribution in [2.75, 3.05) is 12.4 Å². The first-order chi connectivity index (χ1) is 14.4. The van der Waals surface area contributed by atoms with E-state index in [4.69, 9.17) is 10.00 Å². The Kier molecular flexibility index (Phi) is 6.85. The van der Waals surface area contributed by atoms with Crippen LogP contribution in [0.1, 0.15) is 35.4 Å². The first-order valence-electron chi connectivity index (χ1n) is 9.73. The predicted molar refractivity (Wildman–Crippen MR) is 118 cm³/mol. The molecule has 0 unspecified atom stereocenters. The van der Waals surface area contributed by atoms with Crippen LogP contribution in [0.25, 0.3) is 11.3 Å². The summed E-state index contributed by atoms with van der Waals surface area (Å²) in [6, 6.07) is 8.07. The highest BCUT2D eigenvalue weighted by Crippen LogP contribution is 2.33. The van der Waals surface area contributed by atoms with Gasteiger partial charge in [-0.1, -0.05) is 11.6 Å². The summed E-state index contributed by atoms with van der Waals surface area (Å²) in [5.74, 6) is 0.666. The van der Waals surface area contributed by atoms with Gasteiger partial charge in [-0.2, -0.15) is 10.4 Å². The molecule has 0 fully saturated rings. The maximum absolute atomic E-state index is 12.5. The molecule has 0 spiro atoms. The average molecular weight is 424 g/mol. The SMILES string of the molecule is COc1ccc(C)cc1-c1csc(NC(=O)CCc2c(C)nn(CCC#N)c2C)n1. The van der Waals surface area contributed by atoms with Crippen LogP contribution in [0.2, 0.25) is 0 Å². The number of nitrogens with one attached hydrogen (secondary N) is 1. The third-order valence-electron chi connectivity index (χ3n) is 4.95. The quantitative estimate of drug-likeness (QED) is 0.579. The van der Waals surface area contributed by atoms with Gasteiger partial charge in [0.15, 0.2) is 5.13 Å². The molecule has 1 aromatic carbocycles. The van der Waals surface area contributed by atoms with E-state index in [-0.39, 0.29) is 5.91 Å². The molecule has 0 saturated carbocycles. The third-order valence-corrected chi connectivity index (χ3v) is 5.71. The van der Waals surface area contributed by atoms with Gasteiger partial charge in [-0.3, -0.25) is 9.48 Å². The van der Waals surface area contributed by atoms with E-state index in [0.717, 1.165) is 39.5 Å². The van der Waals surface area contributed by atoms with E-state index in [0.29, 0.717) is 30.9 Å². The van der Waals surface area contributed by atoms with E-state index in [1.807, 2.05) is 49.0 Å². The standard InChI is InChI=1S/C22H25N5O2S/c1-14-6-8-20(29-4)18(12-14)19-13-30-22(24-19)25-21(28)9-7-17-15(2)26-27(16(17)3)11-5-10-23/h6,8,12-13H,5,7,9,11H2,1-4H3,(H,24,25,28). The fraction of sp³-hybridized carbons (Fsp3) is 0.364. The molecule has 7 nitrogen and oxygen atoms in total. The molecule has 0 bridgehead atoms. The number of ether oxygens (including phenoxy) is 1. The van der Waals surface area contributed by atoms with Crippen molar-refractivity contribution in [3.8, 4) is 23.1 Å². The summed E-state index contributed by atoms with van der Waals surface area (Å²) in [5, 5.41) is 18.6. The Balaban J connectivity index is 1.64. The predicted octanol–water partition coefficient (Wildman–Crippen LogP) is 4.43. The number of nitrogens with zero attached hydrogens (tertiary/aromatic N) is 4. The van der Waals surface area contributed by atoms with Gasteiger partial charge in [-0.05, 0) is 44.9 Å². The summed E-state index contributed by atoms with van der Waals surface area (Å²) in [7, 11) is 1.63. The van der Waals surface area contributed by atoms with Gasteiger partial charge < -0.3 is 10.1 Å². The van der Waals surface area contributed by atoms with Crippen LogP contribution in [0, 0.1) is 32.1 Å². The van der Waals surface area contributed by atoms with Gasteiger partial charge in [0.05, 0.1) is 37.5 Å². The summed E-state index contributed by atoms with van der Waals surface area (Å²) in [6.45, 7) is 6.50. The molecule has 2 aromatic heterocycles. The van der Waals surface area contributed by atoms with Crippen molar-refractivity contribution in [3.05, 3.63) is 46.1 Å². The molecule has 3 aromatic rings. The third kappa shape index (κ3) is 4.86. The van der Waals surface area contributed by atoms with Crippen LogP contribution >= 0.6 is 11.3 Å². The minimum absolute atomic E-state index is 0.0873. The number of carbonyl (C=O) groups is 1. The van der Waals surface area contributed by atoms with Crippen molar-refractivity contribution in [3.63, 3.8) is 0 Å². The van der Waals surface area contributed by atoms with Crippen molar-refractivity contribution < 1.29 is 9.53 Å². The highest BCUT2D eigenvalue weighted by molar-refractivity contribution is 7.14. The molecule has 0 radical (unpaired) electrons. The van der Waals surface area contributed by atoms with E-state index in [9.17, 15) is 4.79 Å². The molecule has 0 aliphatic heterocycles. The lowest BCUT2D eigenvalue weighted by Crippen LogP contribution is -2.12. The number of hydrogen-bond donors (Lipinski definition) is 1. The Morgan fingerprint density at radius 1 is 1.33 bits per heavy atom. The molecular formula is C22H25N5O2S. The van der Waals surface area contributed by atoms with Crippen LogP contribution in [0.5, 0.6) is 5.75 Å². The largest absolute Gasteiger partial charge is 0.496 e. The summed E-state index contributed by atoms with van der Waals surface area (Å²) in [6.07, 6.45) is 1.36. The Labute approximate surface area is 180 Å².